The van der Waals surface area contributed by atoms with Crippen molar-refractivity contribution >= 4 is 23.5 Å². The summed E-state index contributed by atoms with van der Waals surface area (Å²) in [4.78, 5) is 13.6. The zero-order valence-corrected chi connectivity index (χ0v) is 19.9. The van der Waals surface area contributed by atoms with Crippen LogP contribution in [0.4, 0.5) is 23.5 Å². The van der Waals surface area contributed by atoms with Crippen LogP contribution >= 0.6 is 0 Å². The predicted molar refractivity (Wildman–Crippen MR) is 137 cm³/mol. The minimum Gasteiger partial charge on any atom is -0.497 e. The molecule has 35 heavy (non-hydrogen) atoms. The fourth-order valence-electron chi connectivity index (χ4n) is 3.31. The standard InChI is InChI=1S/C26H28N6O3/c1-33-20-12-8-18(9-13-20)16-27-24-30-25(28-17-19-10-14-21(34-2)15-11-19)32-26(31-24)29-22-6-4-5-7-23(22)35-3/h4-15H,16-17H2,1-3H3,(H3,27,28,29,30,31,32). The van der Waals surface area contributed by atoms with Crippen molar-refractivity contribution in [1.82, 2.24) is 15.0 Å². The monoisotopic (exact) mass is 472 g/mol. The minimum atomic E-state index is 0.388. The molecule has 0 fully saturated rings. The molecular weight excluding hydrogens is 444 g/mol. The molecule has 0 aliphatic carbocycles. The first-order valence-corrected chi connectivity index (χ1v) is 11.1. The van der Waals surface area contributed by atoms with Gasteiger partial charge in [0.1, 0.15) is 17.2 Å². The summed E-state index contributed by atoms with van der Waals surface area (Å²) in [6.45, 7) is 1.08. The lowest BCUT2D eigenvalue weighted by Crippen LogP contribution is -2.11. The average Bonchev–Trinajstić information content (AvgIpc) is 2.91. The van der Waals surface area contributed by atoms with Gasteiger partial charge in [0.2, 0.25) is 17.8 Å². The van der Waals surface area contributed by atoms with E-state index in [1.165, 1.54) is 0 Å². The predicted octanol–water partition coefficient (Wildman–Crippen LogP) is 4.87. The number of aromatic nitrogens is 3. The molecule has 1 heterocycles. The molecule has 0 radical (unpaired) electrons. The molecule has 0 saturated carbocycles. The fourth-order valence-corrected chi connectivity index (χ4v) is 3.31. The second-order valence-corrected chi connectivity index (χ2v) is 7.53. The maximum atomic E-state index is 5.44. The van der Waals surface area contributed by atoms with Crippen LogP contribution in [0, 0.1) is 0 Å². The third-order valence-corrected chi connectivity index (χ3v) is 5.21. The van der Waals surface area contributed by atoms with E-state index in [4.69, 9.17) is 14.2 Å². The van der Waals surface area contributed by atoms with Crippen LogP contribution in [0.15, 0.2) is 72.8 Å². The van der Waals surface area contributed by atoms with Crippen LogP contribution in [0.25, 0.3) is 0 Å². The Balaban J connectivity index is 1.53. The van der Waals surface area contributed by atoms with Crippen LogP contribution in [0.3, 0.4) is 0 Å². The zero-order valence-electron chi connectivity index (χ0n) is 19.9. The molecule has 0 aliphatic rings. The van der Waals surface area contributed by atoms with Gasteiger partial charge >= 0.3 is 0 Å². The van der Waals surface area contributed by atoms with E-state index in [0.29, 0.717) is 36.7 Å². The number of ether oxygens (including phenoxy) is 3. The summed E-state index contributed by atoms with van der Waals surface area (Å²) in [6, 6.07) is 23.2. The van der Waals surface area contributed by atoms with Crippen molar-refractivity contribution in [2.45, 2.75) is 13.1 Å². The summed E-state index contributed by atoms with van der Waals surface area (Å²) in [6.07, 6.45) is 0. The van der Waals surface area contributed by atoms with Crippen LogP contribution in [0.1, 0.15) is 11.1 Å². The van der Waals surface area contributed by atoms with Crippen LogP contribution in [-0.4, -0.2) is 36.3 Å². The van der Waals surface area contributed by atoms with Gasteiger partial charge in [0, 0.05) is 13.1 Å². The highest BCUT2D eigenvalue weighted by atomic mass is 16.5. The van der Waals surface area contributed by atoms with Gasteiger partial charge in [0.15, 0.2) is 0 Å². The molecule has 0 atom stereocenters. The summed E-state index contributed by atoms with van der Waals surface area (Å²) >= 11 is 0. The van der Waals surface area contributed by atoms with Gasteiger partial charge in [-0.15, -0.1) is 0 Å². The highest BCUT2D eigenvalue weighted by Gasteiger charge is 2.10. The normalized spacial score (nSPS) is 10.4. The SMILES string of the molecule is COc1ccc(CNc2nc(NCc3ccc(OC)cc3)nc(Nc3ccccc3OC)n2)cc1. The summed E-state index contributed by atoms with van der Waals surface area (Å²) in [5.74, 6) is 3.56. The van der Waals surface area contributed by atoms with Gasteiger partial charge < -0.3 is 30.2 Å². The number of rotatable bonds is 11. The second kappa shape index (κ2) is 11.6. The Morgan fingerprint density at radius 3 is 1.54 bits per heavy atom. The molecule has 0 aliphatic heterocycles. The maximum absolute atomic E-state index is 5.44. The molecule has 3 aromatic carbocycles. The molecule has 1 aromatic heterocycles. The number of hydrogen-bond acceptors (Lipinski definition) is 9. The first kappa shape index (κ1) is 23.6. The minimum absolute atomic E-state index is 0.388. The van der Waals surface area contributed by atoms with Gasteiger partial charge in [0.25, 0.3) is 0 Å². The van der Waals surface area contributed by atoms with Crippen molar-refractivity contribution in [2.75, 3.05) is 37.3 Å². The van der Waals surface area contributed by atoms with Gasteiger partial charge in [-0.3, -0.25) is 0 Å². The quantitative estimate of drug-likeness (QED) is 0.282. The number of para-hydroxylation sites is 2. The number of anilines is 4. The Morgan fingerprint density at radius 1 is 0.571 bits per heavy atom. The Bertz CT molecular complexity index is 1160. The van der Waals surface area contributed by atoms with Gasteiger partial charge in [0.05, 0.1) is 27.0 Å². The number of nitrogens with zero attached hydrogens (tertiary/aromatic N) is 3. The smallest absolute Gasteiger partial charge is 0.233 e. The number of hydrogen-bond donors (Lipinski definition) is 3. The highest BCUT2D eigenvalue weighted by molar-refractivity contribution is 5.63. The molecule has 4 aromatic rings. The highest BCUT2D eigenvalue weighted by Crippen LogP contribution is 2.26. The molecule has 0 bridgehead atoms. The molecule has 0 saturated heterocycles. The average molecular weight is 473 g/mol. The molecule has 9 heteroatoms. The molecule has 180 valence electrons. The van der Waals surface area contributed by atoms with Crippen molar-refractivity contribution in [3.63, 3.8) is 0 Å². The number of nitrogens with one attached hydrogen (secondary N) is 3. The van der Waals surface area contributed by atoms with E-state index in [-0.39, 0.29) is 0 Å². The van der Waals surface area contributed by atoms with Gasteiger partial charge in [-0.1, -0.05) is 36.4 Å². The Morgan fingerprint density at radius 2 is 1.06 bits per heavy atom. The second-order valence-electron chi connectivity index (χ2n) is 7.53. The van der Waals surface area contributed by atoms with Crippen molar-refractivity contribution in [2.24, 2.45) is 0 Å². The lowest BCUT2D eigenvalue weighted by Gasteiger charge is -2.13. The van der Waals surface area contributed by atoms with Crippen molar-refractivity contribution in [3.8, 4) is 17.2 Å². The number of benzene rings is 3. The maximum Gasteiger partial charge on any atom is 0.233 e. The third kappa shape index (κ3) is 6.50. The summed E-state index contributed by atoms with van der Waals surface area (Å²) in [5, 5.41) is 9.78. The van der Waals surface area contributed by atoms with E-state index in [1.54, 1.807) is 21.3 Å². The molecular formula is C26H28N6O3. The van der Waals surface area contributed by atoms with Crippen LogP contribution in [0.2, 0.25) is 0 Å². The van der Waals surface area contributed by atoms with Gasteiger partial charge in [-0.2, -0.15) is 15.0 Å². The summed E-state index contributed by atoms with van der Waals surface area (Å²) < 4.78 is 15.9. The first-order chi connectivity index (χ1) is 17.2. The lowest BCUT2D eigenvalue weighted by molar-refractivity contribution is 0.414. The van der Waals surface area contributed by atoms with E-state index in [2.05, 4.69) is 30.9 Å². The largest absolute Gasteiger partial charge is 0.497 e. The van der Waals surface area contributed by atoms with Crippen LogP contribution in [0.5, 0.6) is 17.2 Å². The summed E-state index contributed by atoms with van der Waals surface area (Å²) in [5.41, 5.74) is 2.89. The van der Waals surface area contributed by atoms with Crippen LogP contribution in [-0.2, 0) is 13.1 Å². The lowest BCUT2D eigenvalue weighted by atomic mass is 10.2. The van der Waals surface area contributed by atoms with Crippen molar-refractivity contribution < 1.29 is 14.2 Å². The van der Waals surface area contributed by atoms with E-state index in [0.717, 1.165) is 28.3 Å². The fraction of sp³-hybridized carbons (Fsp3) is 0.192. The Labute approximate surface area is 204 Å². The number of methoxy groups -OCH3 is 3. The van der Waals surface area contributed by atoms with E-state index in [9.17, 15) is 0 Å². The molecule has 3 N–H and O–H groups in total. The molecule has 4 rings (SSSR count). The van der Waals surface area contributed by atoms with E-state index < -0.39 is 0 Å². The topological polar surface area (TPSA) is 102 Å². The van der Waals surface area contributed by atoms with Gasteiger partial charge in [-0.25, -0.2) is 0 Å². The Hall–Kier alpha value is -4.53. The molecule has 0 spiro atoms. The van der Waals surface area contributed by atoms with Gasteiger partial charge in [-0.05, 0) is 47.5 Å². The molecule has 0 amide bonds. The third-order valence-electron chi connectivity index (χ3n) is 5.21. The van der Waals surface area contributed by atoms with Crippen LogP contribution < -0.4 is 30.2 Å². The van der Waals surface area contributed by atoms with E-state index in [1.807, 2.05) is 72.8 Å². The first-order valence-electron chi connectivity index (χ1n) is 11.1. The van der Waals surface area contributed by atoms with E-state index >= 15 is 0 Å². The molecule has 0 unspecified atom stereocenters. The molecule has 9 nitrogen and oxygen atoms in total. The van der Waals surface area contributed by atoms with Crippen molar-refractivity contribution in [1.29, 1.82) is 0 Å². The summed E-state index contributed by atoms with van der Waals surface area (Å²) in [7, 11) is 4.92. The Kier molecular flexibility index (Phi) is 7.80. The zero-order chi connectivity index (χ0) is 24.5. The van der Waals surface area contributed by atoms with Crippen molar-refractivity contribution in [3.05, 3.63) is 83.9 Å².